The van der Waals surface area contributed by atoms with Gasteiger partial charge in [-0.1, -0.05) is 24.3 Å². The fraction of sp³-hybridized carbons (Fsp3) is 0.308. The Kier molecular flexibility index (Phi) is 5.51. The number of carboxylic acid groups (broad SMARTS) is 1. The van der Waals surface area contributed by atoms with Crippen LogP contribution < -0.4 is 5.73 Å². The van der Waals surface area contributed by atoms with Gasteiger partial charge in [-0.3, -0.25) is 0 Å². The van der Waals surface area contributed by atoms with E-state index in [0.29, 0.717) is 24.1 Å². The highest BCUT2D eigenvalue weighted by atomic mass is 16.4. The van der Waals surface area contributed by atoms with Crippen LogP contribution in [-0.2, 0) is 4.79 Å². The van der Waals surface area contributed by atoms with Gasteiger partial charge in [-0.05, 0) is 30.2 Å². The summed E-state index contributed by atoms with van der Waals surface area (Å²) in [6.07, 6.45) is 0.937. The summed E-state index contributed by atoms with van der Waals surface area (Å²) < 4.78 is 0. The van der Waals surface area contributed by atoms with E-state index in [9.17, 15) is 15.0 Å². The maximum absolute atomic E-state index is 10.3. The van der Waals surface area contributed by atoms with Crippen molar-refractivity contribution in [2.45, 2.75) is 18.6 Å². The lowest BCUT2D eigenvalue weighted by Crippen LogP contribution is -2.21. The first-order chi connectivity index (χ1) is 8.54. The maximum Gasteiger partial charge on any atom is 0.328 e. The lowest BCUT2D eigenvalue weighted by atomic mass is 10.0. The Morgan fingerprint density at radius 2 is 1.89 bits per heavy atom. The lowest BCUT2D eigenvalue weighted by molar-refractivity contribution is -0.131. The van der Waals surface area contributed by atoms with Gasteiger partial charge in [0.2, 0.25) is 0 Å². The molecule has 2 unspecified atom stereocenters. The highest BCUT2D eigenvalue weighted by Gasteiger charge is 2.16. The second kappa shape index (κ2) is 6.90. The minimum Gasteiger partial charge on any atom is -0.478 e. The first-order valence-corrected chi connectivity index (χ1v) is 5.61. The predicted octanol–water partition coefficient (Wildman–Crippen LogP) is 0.527. The third kappa shape index (κ3) is 4.29. The Hall–Kier alpha value is -1.69. The molecule has 2 atom stereocenters. The van der Waals surface area contributed by atoms with E-state index in [2.05, 4.69) is 0 Å². The number of hydrogen-bond acceptors (Lipinski definition) is 4. The van der Waals surface area contributed by atoms with Gasteiger partial charge in [-0.15, -0.1) is 0 Å². The molecule has 5 N–H and O–H groups in total. The van der Waals surface area contributed by atoms with Crippen molar-refractivity contribution in [3.63, 3.8) is 0 Å². The monoisotopic (exact) mass is 251 g/mol. The van der Waals surface area contributed by atoms with Crippen LogP contribution >= 0.6 is 0 Å². The number of aliphatic hydroxyl groups is 2. The molecule has 0 radical (unpaired) electrons. The molecule has 5 heteroatoms. The summed E-state index contributed by atoms with van der Waals surface area (Å²) in [6, 6.07) is 6.64. The molecule has 0 aliphatic rings. The number of nitrogens with two attached hydrogens (primary N) is 1. The zero-order valence-electron chi connectivity index (χ0n) is 9.86. The Morgan fingerprint density at radius 1 is 1.28 bits per heavy atom. The largest absolute Gasteiger partial charge is 0.478 e. The van der Waals surface area contributed by atoms with E-state index < -0.39 is 18.2 Å². The van der Waals surface area contributed by atoms with Crippen molar-refractivity contribution in [1.82, 2.24) is 0 Å². The van der Waals surface area contributed by atoms with Crippen molar-refractivity contribution in [1.29, 1.82) is 0 Å². The van der Waals surface area contributed by atoms with Crippen LogP contribution in [0.2, 0.25) is 0 Å². The molecule has 5 nitrogen and oxygen atoms in total. The molecular formula is C13H17NO4. The summed E-state index contributed by atoms with van der Waals surface area (Å²) in [5.74, 6) is -1.02. The lowest BCUT2D eigenvalue weighted by Gasteiger charge is -2.17. The van der Waals surface area contributed by atoms with Crippen molar-refractivity contribution in [3.05, 3.63) is 41.5 Å². The summed E-state index contributed by atoms with van der Waals surface area (Å²) in [6.45, 7) is 0.303. The van der Waals surface area contributed by atoms with Crippen molar-refractivity contribution in [3.8, 4) is 0 Å². The number of benzene rings is 1. The molecule has 0 spiro atoms. The highest BCUT2D eigenvalue weighted by Crippen LogP contribution is 2.19. The predicted molar refractivity (Wildman–Crippen MR) is 67.7 cm³/mol. The van der Waals surface area contributed by atoms with Crippen LogP contribution in [0.3, 0.4) is 0 Å². The molecule has 0 saturated heterocycles. The number of aliphatic hydroxyl groups excluding tert-OH is 2. The van der Waals surface area contributed by atoms with Crippen molar-refractivity contribution < 1.29 is 20.1 Å². The number of hydrogen-bond donors (Lipinski definition) is 4. The van der Waals surface area contributed by atoms with Gasteiger partial charge in [0.05, 0.1) is 6.10 Å². The van der Waals surface area contributed by atoms with E-state index >= 15 is 0 Å². The van der Waals surface area contributed by atoms with E-state index in [1.807, 2.05) is 0 Å². The molecule has 0 aliphatic carbocycles. The number of rotatable bonds is 6. The van der Waals surface area contributed by atoms with E-state index in [1.165, 1.54) is 6.08 Å². The molecule has 1 aromatic rings. The molecule has 0 amide bonds. The Labute approximate surface area is 105 Å². The van der Waals surface area contributed by atoms with E-state index in [1.54, 1.807) is 24.3 Å². The average Bonchev–Trinajstić information content (AvgIpc) is 2.36. The number of carboxylic acids is 1. The van der Waals surface area contributed by atoms with Crippen molar-refractivity contribution in [2.24, 2.45) is 5.73 Å². The van der Waals surface area contributed by atoms with Gasteiger partial charge in [-0.2, -0.15) is 0 Å². The van der Waals surface area contributed by atoms with Crippen molar-refractivity contribution >= 4 is 12.0 Å². The Balaban J connectivity index is 2.73. The number of carbonyl (C=O) groups is 1. The highest BCUT2D eigenvalue weighted by molar-refractivity contribution is 5.85. The molecule has 0 aliphatic heterocycles. The van der Waals surface area contributed by atoms with Gasteiger partial charge in [-0.25, -0.2) is 4.79 Å². The third-order valence-electron chi connectivity index (χ3n) is 2.52. The second-order valence-electron chi connectivity index (χ2n) is 3.93. The van der Waals surface area contributed by atoms with Gasteiger partial charge in [0.1, 0.15) is 6.10 Å². The van der Waals surface area contributed by atoms with E-state index in [0.717, 1.165) is 6.08 Å². The Bertz CT molecular complexity index is 414. The standard InChI is InChI=1S/C13H17NO4/c14-8-7-11(15)13(18)10-4-1-9(2-5-10)3-6-12(16)17/h1-6,11,13,15,18H,7-8,14H2,(H,16,17)/b6-3+. The van der Waals surface area contributed by atoms with E-state index in [-0.39, 0.29) is 0 Å². The fourth-order valence-electron chi connectivity index (χ4n) is 1.52. The van der Waals surface area contributed by atoms with Crippen LogP contribution in [0.25, 0.3) is 6.08 Å². The smallest absolute Gasteiger partial charge is 0.328 e. The van der Waals surface area contributed by atoms with Gasteiger partial charge in [0.25, 0.3) is 0 Å². The fourth-order valence-corrected chi connectivity index (χ4v) is 1.52. The quantitative estimate of drug-likeness (QED) is 0.552. The summed E-state index contributed by atoms with van der Waals surface area (Å²) in [5.41, 5.74) is 6.58. The van der Waals surface area contributed by atoms with Crippen LogP contribution in [0.15, 0.2) is 30.3 Å². The summed E-state index contributed by atoms with van der Waals surface area (Å²) >= 11 is 0. The van der Waals surface area contributed by atoms with Crippen LogP contribution in [-0.4, -0.2) is 33.9 Å². The van der Waals surface area contributed by atoms with Crippen LogP contribution in [0, 0.1) is 0 Å². The van der Waals surface area contributed by atoms with Crippen molar-refractivity contribution in [2.75, 3.05) is 6.54 Å². The SMILES string of the molecule is NCCC(O)C(O)c1ccc(/C=C/C(=O)O)cc1. The molecule has 0 fully saturated rings. The zero-order valence-corrected chi connectivity index (χ0v) is 9.86. The first-order valence-electron chi connectivity index (χ1n) is 5.61. The topological polar surface area (TPSA) is 104 Å². The molecule has 1 aromatic carbocycles. The minimum absolute atomic E-state index is 0.303. The molecule has 0 heterocycles. The second-order valence-corrected chi connectivity index (χ2v) is 3.93. The number of aliphatic carboxylic acids is 1. The van der Waals surface area contributed by atoms with Crippen LogP contribution in [0.1, 0.15) is 23.7 Å². The minimum atomic E-state index is -1.02. The molecule has 98 valence electrons. The van der Waals surface area contributed by atoms with Gasteiger partial charge in [0, 0.05) is 6.08 Å². The van der Waals surface area contributed by atoms with Gasteiger partial charge < -0.3 is 21.1 Å². The molecule has 0 bridgehead atoms. The van der Waals surface area contributed by atoms with Crippen LogP contribution in [0.4, 0.5) is 0 Å². The van der Waals surface area contributed by atoms with Gasteiger partial charge >= 0.3 is 5.97 Å². The zero-order chi connectivity index (χ0) is 13.5. The van der Waals surface area contributed by atoms with E-state index in [4.69, 9.17) is 10.8 Å². The normalized spacial score (nSPS) is 14.6. The summed E-state index contributed by atoms with van der Waals surface area (Å²) in [7, 11) is 0. The molecule has 0 aromatic heterocycles. The molecule has 0 saturated carbocycles. The molecule has 18 heavy (non-hydrogen) atoms. The van der Waals surface area contributed by atoms with Gasteiger partial charge in [0.15, 0.2) is 0 Å². The maximum atomic E-state index is 10.3. The molecule has 1 rings (SSSR count). The average molecular weight is 251 g/mol. The summed E-state index contributed by atoms with van der Waals surface area (Å²) in [4.78, 5) is 10.3. The first kappa shape index (κ1) is 14.4. The van der Waals surface area contributed by atoms with Crippen LogP contribution in [0.5, 0.6) is 0 Å². The third-order valence-corrected chi connectivity index (χ3v) is 2.52. The summed E-state index contributed by atoms with van der Waals surface area (Å²) in [5, 5.41) is 27.9. The Morgan fingerprint density at radius 3 is 2.39 bits per heavy atom. The molecular weight excluding hydrogens is 234 g/mol.